The van der Waals surface area contributed by atoms with Crippen molar-refractivity contribution in [3.63, 3.8) is 0 Å². The molecule has 0 aromatic carbocycles. The summed E-state index contributed by atoms with van der Waals surface area (Å²) in [5.41, 5.74) is 0. The third-order valence-corrected chi connectivity index (χ3v) is 1.30. The molecule has 0 atom stereocenters. The van der Waals surface area contributed by atoms with E-state index in [0.717, 1.165) is 6.42 Å². The minimum absolute atomic E-state index is 1.14. The van der Waals surface area contributed by atoms with Gasteiger partial charge in [-0.25, -0.2) is 0 Å². The molecule has 0 amide bonds. The van der Waals surface area contributed by atoms with Crippen molar-refractivity contribution in [3.8, 4) is 0 Å². The standard InChI is InChI=1S/C10H16/c1-3-5-7-9-10-8-6-4-2/h3-5,7H,1-2,6,8-10H2. The molecule has 0 rings (SSSR count). The van der Waals surface area contributed by atoms with Crippen molar-refractivity contribution in [2.75, 3.05) is 0 Å². The summed E-state index contributed by atoms with van der Waals surface area (Å²) in [4.78, 5) is 0. The van der Waals surface area contributed by atoms with Gasteiger partial charge in [0, 0.05) is 0 Å². The highest BCUT2D eigenvalue weighted by atomic mass is 13.9. The smallest absolute Gasteiger partial charge is 0.0348 e. The molecule has 0 heteroatoms. The van der Waals surface area contributed by atoms with Crippen molar-refractivity contribution < 1.29 is 0 Å². The van der Waals surface area contributed by atoms with E-state index in [2.05, 4.69) is 19.2 Å². The van der Waals surface area contributed by atoms with Gasteiger partial charge >= 0.3 is 0 Å². The molecule has 0 saturated carbocycles. The van der Waals surface area contributed by atoms with Gasteiger partial charge in [0.05, 0.1) is 0 Å². The van der Waals surface area contributed by atoms with Crippen molar-refractivity contribution in [2.45, 2.75) is 25.7 Å². The molecular formula is C10H16. The lowest BCUT2D eigenvalue weighted by atomic mass is 10.2. The van der Waals surface area contributed by atoms with Gasteiger partial charge in [-0.2, -0.15) is 0 Å². The van der Waals surface area contributed by atoms with Crippen LogP contribution in [0.2, 0.25) is 0 Å². The number of hydrogen-bond donors (Lipinski definition) is 0. The lowest BCUT2D eigenvalue weighted by molar-refractivity contribution is 0.763. The van der Waals surface area contributed by atoms with Crippen LogP contribution >= 0.6 is 0 Å². The molecule has 0 radical (unpaired) electrons. The molecule has 0 aromatic heterocycles. The SMILES string of the molecule is C=CC=CCCCCC=C. The summed E-state index contributed by atoms with van der Waals surface area (Å²) in [5.74, 6) is 0. The van der Waals surface area contributed by atoms with Gasteiger partial charge in [0.15, 0.2) is 0 Å². The maximum atomic E-state index is 3.66. The molecule has 0 nitrogen and oxygen atoms in total. The van der Waals surface area contributed by atoms with Gasteiger partial charge in [0.2, 0.25) is 0 Å². The highest BCUT2D eigenvalue weighted by molar-refractivity contribution is 4.96. The van der Waals surface area contributed by atoms with Crippen molar-refractivity contribution in [3.05, 3.63) is 37.5 Å². The van der Waals surface area contributed by atoms with Crippen LogP contribution in [0.4, 0.5) is 0 Å². The number of allylic oxidation sites excluding steroid dienone is 4. The van der Waals surface area contributed by atoms with Gasteiger partial charge in [-0.3, -0.25) is 0 Å². The summed E-state index contributed by atoms with van der Waals surface area (Å²) in [6.07, 6.45) is 12.7. The molecule has 0 aliphatic heterocycles. The van der Waals surface area contributed by atoms with E-state index in [9.17, 15) is 0 Å². The van der Waals surface area contributed by atoms with E-state index in [1.165, 1.54) is 19.3 Å². The topological polar surface area (TPSA) is 0 Å². The van der Waals surface area contributed by atoms with Crippen LogP contribution in [0.15, 0.2) is 37.5 Å². The minimum Gasteiger partial charge on any atom is -0.103 e. The van der Waals surface area contributed by atoms with E-state index >= 15 is 0 Å². The number of hydrogen-bond acceptors (Lipinski definition) is 0. The molecular weight excluding hydrogens is 120 g/mol. The quantitative estimate of drug-likeness (QED) is 0.298. The first-order valence-electron chi connectivity index (χ1n) is 3.80. The second kappa shape index (κ2) is 8.22. The maximum absolute atomic E-state index is 3.66. The fourth-order valence-electron chi connectivity index (χ4n) is 0.743. The molecule has 0 heterocycles. The zero-order valence-electron chi connectivity index (χ0n) is 6.55. The minimum atomic E-state index is 1.14. The fourth-order valence-corrected chi connectivity index (χ4v) is 0.743. The summed E-state index contributed by atoms with van der Waals surface area (Å²) >= 11 is 0. The first-order chi connectivity index (χ1) is 4.91. The average molecular weight is 136 g/mol. The Kier molecular flexibility index (Phi) is 7.58. The molecule has 56 valence electrons. The van der Waals surface area contributed by atoms with E-state index in [4.69, 9.17) is 0 Å². The third-order valence-electron chi connectivity index (χ3n) is 1.30. The largest absolute Gasteiger partial charge is 0.103 e. The molecule has 0 fully saturated rings. The van der Waals surface area contributed by atoms with Gasteiger partial charge in [0.1, 0.15) is 0 Å². The number of unbranched alkanes of at least 4 members (excludes halogenated alkanes) is 3. The molecule has 0 aromatic rings. The van der Waals surface area contributed by atoms with E-state index in [1.807, 2.05) is 18.2 Å². The van der Waals surface area contributed by atoms with E-state index < -0.39 is 0 Å². The molecule has 0 unspecified atom stereocenters. The summed E-state index contributed by atoms with van der Waals surface area (Å²) in [6, 6.07) is 0. The molecule has 0 aliphatic rings. The zero-order valence-corrected chi connectivity index (χ0v) is 6.55. The first-order valence-corrected chi connectivity index (χ1v) is 3.80. The third kappa shape index (κ3) is 7.22. The van der Waals surface area contributed by atoms with Crippen LogP contribution in [0.1, 0.15) is 25.7 Å². The molecule has 0 aliphatic carbocycles. The van der Waals surface area contributed by atoms with Crippen LogP contribution in [-0.2, 0) is 0 Å². The predicted octanol–water partition coefficient (Wildman–Crippen LogP) is 3.48. The first kappa shape index (κ1) is 9.22. The van der Waals surface area contributed by atoms with Crippen molar-refractivity contribution in [1.29, 1.82) is 0 Å². The van der Waals surface area contributed by atoms with Crippen LogP contribution in [-0.4, -0.2) is 0 Å². The molecule has 0 spiro atoms. The highest BCUT2D eigenvalue weighted by Crippen LogP contribution is 2.00. The summed E-state index contributed by atoms with van der Waals surface area (Å²) < 4.78 is 0. The summed E-state index contributed by atoms with van der Waals surface area (Å²) in [6.45, 7) is 7.25. The second-order valence-corrected chi connectivity index (χ2v) is 2.24. The van der Waals surface area contributed by atoms with Crippen molar-refractivity contribution in [1.82, 2.24) is 0 Å². The van der Waals surface area contributed by atoms with Gasteiger partial charge in [-0.05, 0) is 25.7 Å². The normalized spacial score (nSPS) is 10.0. The average Bonchev–Trinajstić information content (AvgIpc) is 1.97. The monoisotopic (exact) mass is 136 g/mol. The summed E-state index contributed by atoms with van der Waals surface area (Å²) in [5, 5.41) is 0. The van der Waals surface area contributed by atoms with Crippen LogP contribution in [0.3, 0.4) is 0 Å². The Morgan fingerprint density at radius 3 is 2.30 bits per heavy atom. The molecule has 10 heavy (non-hydrogen) atoms. The van der Waals surface area contributed by atoms with E-state index in [1.54, 1.807) is 0 Å². The Morgan fingerprint density at radius 1 is 1.00 bits per heavy atom. The van der Waals surface area contributed by atoms with E-state index in [0.29, 0.717) is 0 Å². The van der Waals surface area contributed by atoms with Gasteiger partial charge in [0.25, 0.3) is 0 Å². The van der Waals surface area contributed by atoms with Crippen LogP contribution < -0.4 is 0 Å². The van der Waals surface area contributed by atoms with Crippen LogP contribution in [0, 0.1) is 0 Å². The fraction of sp³-hybridized carbons (Fsp3) is 0.400. The lowest BCUT2D eigenvalue weighted by Crippen LogP contribution is -1.70. The zero-order chi connectivity index (χ0) is 7.66. The second-order valence-electron chi connectivity index (χ2n) is 2.24. The Balaban J connectivity index is 2.96. The maximum Gasteiger partial charge on any atom is -0.0348 e. The Labute approximate surface area is 64.0 Å². The Bertz CT molecular complexity index is 109. The number of rotatable bonds is 6. The van der Waals surface area contributed by atoms with Gasteiger partial charge < -0.3 is 0 Å². The lowest BCUT2D eigenvalue weighted by Gasteiger charge is -1.90. The molecule has 0 saturated heterocycles. The molecule has 0 N–H and O–H groups in total. The van der Waals surface area contributed by atoms with Crippen LogP contribution in [0.5, 0.6) is 0 Å². The summed E-state index contributed by atoms with van der Waals surface area (Å²) in [7, 11) is 0. The van der Waals surface area contributed by atoms with Gasteiger partial charge in [-0.15, -0.1) is 6.58 Å². The Hall–Kier alpha value is -0.780. The van der Waals surface area contributed by atoms with Gasteiger partial charge in [-0.1, -0.05) is 30.9 Å². The Morgan fingerprint density at radius 2 is 1.70 bits per heavy atom. The van der Waals surface area contributed by atoms with Crippen LogP contribution in [0.25, 0.3) is 0 Å². The van der Waals surface area contributed by atoms with E-state index in [-0.39, 0.29) is 0 Å². The predicted molar refractivity (Wildman–Crippen MR) is 48.0 cm³/mol. The van der Waals surface area contributed by atoms with Crippen molar-refractivity contribution >= 4 is 0 Å². The highest BCUT2D eigenvalue weighted by Gasteiger charge is 1.80. The van der Waals surface area contributed by atoms with Crippen molar-refractivity contribution in [2.24, 2.45) is 0 Å². The molecule has 0 bridgehead atoms.